The second-order valence-corrected chi connectivity index (χ2v) is 6.36. The molecule has 1 N–H and O–H groups in total. The number of rotatable bonds is 8. The molecule has 1 heterocycles. The maximum atomic E-state index is 13.0. The van der Waals surface area contributed by atoms with Crippen LogP contribution in [0.25, 0.3) is 0 Å². The third-order valence-corrected chi connectivity index (χ3v) is 4.33. The van der Waals surface area contributed by atoms with Crippen molar-refractivity contribution >= 4 is 11.3 Å². The van der Waals surface area contributed by atoms with Crippen LogP contribution in [0.15, 0.2) is 0 Å². The molecule has 0 saturated carbocycles. The fourth-order valence-corrected chi connectivity index (χ4v) is 2.97. The maximum absolute atomic E-state index is 13.0. The minimum atomic E-state index is -4.38. The van der Waals surface area contributed by atoms with Crippen LogP contribution in [0.1, 0.15) is 43.3 Å². The topological polar surface area (TPSA) is 28.2 Å². The highest BCUT2D eigenvalue weighted by molar-refractivity contribution is 7.11. The Balaban J connectivity index is 2.82. The number of hydrogen-bond acceptors (Lipinski definition) is 4. The third-order valence-electron chi connectivity index (χ3n) is 3.22. The van der Waals surface area contributed by atoms with Crippen molar-refractivity contribution in [3.63, 3.8) is 0 Å². The highest BCUT2D eigenvalue weighted by atomic mass is 32.1. The Labute approximate surface area is 128 Å². The molecule has 1 aromatic heterocycles. The molecule has 0 aliphatic heterocycles. The molecule has 1 rings (SSSR count). The van der Waals surface area contributed by atoms with E-state index in [0.29, 0.717) is 11.4 Å². The summed E-state index contributed by atoms with van der Waals surface area (Å²) >= 11 is 1.17. The van der Waals surface area contributed by atoms with Gasteiger partial charge >= 0.3 is 6.18 Å². The zero-order valence-electron chi connectivity index (χ0n) is 13.0. The predicted octanol–water partition coefficient (Wildman–Crippen LogP) is 3.54. The van der Waals surface area contributed by atoms with E-state index in [0.717, 1.165) is 19.6 Å². The molecule has 0 fully saturated rings. The first-order valence-electron chi connectivity index (χ1n) is 7.29. The average Bonchev–Trinajstić information content (AvgIpc) is 2.81. The zero-order valence-corrected chi connectivity index (χ0v) is 13.9. The van der Waals surface area contributed by atoms with E-state index >= 15 is 0 Å². The van der Waals surface area contributed by atoms with Gasteiger partial charge in [0, 0.05) is 25.6 Å². The number of aromatic nitrogens is 1. The Morgan fingerprint density at radius 2 is 1.86 bits per heavy atom. The molecule has 122 valence electrons. The second kappa shape index (κ2) is 8.10. The molecule has 0 spiro atoms. The summed E-state index contributed by atoms with van der Waals surface area (Å²) in [5.41, 5.74) is -0.727. The van der Waals surface area contributed by atoms with Crippen LogP contribution in [0.5, 0.6) is 0 Å². The van der Waals surface area contributed by atoms with Crippen molar-refractivity contribution in [3.05, 3.63) is 15.6 Å². The minimum absolute atomic E-state index is 0.146. The van der Waals surface area contributed by atoms with Gasteiger partial charge in [-0.25, -0.2) is 4.98 Å². The SMILES string of the molecule is CCN(CC)CCc1nc(C(F)(F)F)c(CNC(C)C)s1. The molecule has 0 saturated heterocycles. The van der Waals surface area contributed by atoms with Crippen molar-refractivity contribution in [2.24, 2.45) is 0 Å². The first kappa shape index (κ1) is 18.4. The molecule has 0 atom stereocenters. The first-order valence-corrected chi connectivity index (χ1v) is 8.11. The first-order chi connectivity index (χ1) is 9.77. The van der Waals surface area contributed by atoms with Gasteiger partial charge in [-0.2, -0.15) is 13.2 Å². The Bertz CT molecular complexity index is 426. The molecule has 3 nitrogen and oxygen atoms in total. The molecule has 7 heteroatoms. The van der Waals surface area contributed by atoms with Gasteiger partial charge in [-0.1, -0.05) is 27.7 Å². The highest BCUT2D eigenvalue weighted by Crippen LogP contribution is 2.34. The Morgan fingerprint density at radius 1 is 1.24 bits per heavy atom. The quantitative estimate of drug-likeness (QED) is 0.793. The molecule has 0 unspecified atom stereocenters. The summed E-state index contributed by atoms with van der Waals surface area (Å²) in [6.07, 6.45) is -3.81. The van der Waals surface area contributed by atoms with Crippen molar-refractivity contribution < 1.29 is 13.2 Å². The molecule has 0 aliphatic carbocycles. The van der Waals surface area contributed by atoms with E-state index < -0.39 is 11.9 Å². The van der Waals surface area contributed by atoms with Crippen LogP contribution in [-0.2, 0) is 19.1 Å². The number of hydrogen-bond donors (Lipinski definition) is 1. The van der Waals surface area contributed by atoms with Crippen LogP contribution in [-0.4, -0.2) is 35.6 Å². The van der Waals surface area contributed by atoms with Crippen LogP contribution in [0.2, 0.25) is 0 Å². The summed E-state index contributed by atoms with van der Waals surface area (Å²) in [6, 6.07) is 0.146. The number of nitrogens with zero attached hydrogens (tertiary/aromatic N) is 2. The number of likely N-dealkylation sites (N-methyl/N-ethyl adjacent to an activating group) is 1. The summed E-state index contributed by atoms with van der Waals surface area (Å²) < 4.78 is 39.1. The van der Waals surface area contributed by atoms with Crippen molar-refractivity contribution in [2.45, 2.75) is 52.9 Å². The lowest BCUT2D eigenvalue weighted by atomic mass is 10.3. The Hall–Kier alpha value is -0.660. The lowest BCUT2D eigenvalue weighted by molar-refractivity contribution is -0.141. The van der Waals surface area contributed by atoms with Gasteiger partial charge in [-0.05, 0) is 13.1 Å². The van der Waals surface area contributed by atoms with E-state index in [1.54, 1.807) is 0 Å². The molecule has 21 heavy (non-hydrogen) atoms. The summed E-state index contributed by atoms with van der Waals surface area (Å²) in [5, 5.41) is 3.60. The number of halogens is 3. The number of thiazole rings is 1. The maximum Gasteiger partial charge on any atom is 0.434 e. The molecule has 0 aromatic carbocycles. The zero-order chi connectivity index (χ0) is 16.0. The number of nitrogens with one attached hydrogen (secondary N) is 1. The van der Waals surface area contributed by atoms with Gasteiger partial charge in [0.2, 0.25) is 0 Å². The molecular formula is C14H24F3N3S. The molecule has 0 amide bonds. The average molecular weight is 323 g/mol. The van der Waals surface area contributed by atoms with Crippen molar-refractivity contribution in [2.75, 3.05) is 19.6 Å². The second-order valence-electron chi connectivity index (χ2n) is 5.19. The fourth-order valence-electron chi connectivity index (χ4n) is 1.94. The van der Waals surface area contributed by atoms with Gasteiger partial charge < -0.3 is 10.2 Å². The number of alkyl halides is 3. The summed E-state index contributed by atoms with van der Waals surface area (Å²) in [5.74, 6) is 0. The van der Waals surface area contributed by atoms with Crippen molar-refractivity contribution in [3.8, 4) is 0 Å². The summed E-state index contributed by atoms with van der Waals surface area (Å²) in [7, 11) is 0. The summed E-state index contributed by atoms with van der Waals surface area (Å²) in [4.78, 5) is 6.29. The molecule has 0 radical (unpaired) electrons. The third kappa shape index (κ3) is 5.92. The summed E-state index contributed by atoms with van der Waals surface area (Å²) in [6.45, 7) is 10.7. The minimum Gasteiger partial charge on any atom is -0.310 e. The normalized spacial score (nSPS) is 12.6. The Kier molecular flexibility index (Phi) is 7.09. The van der Waals surface area contributed by atoms with Gasteiger partial charge in [-0.15, -0.1) is 11.3 Å². The van der Waals surface area contributed by atoms with Crippen molar-refractivity contribution in [1.29, 1.82) is 0 Å². The van der Waals surface area contributed by atoms with E-state index in [1.165, 1.54) is 11.3 Å². The van der Waals surface area contributed by atoms with Gasteiger partial charge in [0.05, 0.1) is 9.88 Å². The van der Waals surface area contributed by atoms with E-state index in [1.807, 2.05) is 27.7 Å². The molecular weight excluding hydrogens is 299 g/mol. The monoisotopic (exact) mass is 323 g/mol. The molecule has 0 aliphatic rings. The largest absolute Gasteiger partial charge is 0.434 e. The van der Waals surface area contributed by atoms with Gasteiger partial charge in [-0.3, -0.25) is 0 Å². The molecule has 1 aromatic rings. The van der Waals surface area contributed by atoms with Gasteiger partial charge in [0.15, 0.2) is 5.69 Å². The standard InChI is InChI=1S/C14H24F3N3S/c1-5-20(6-2)8-7-12-19-13(14(15,16)17)11(21-12)9-18-10(3)4/h10,18H,5-9H2,1-4H3. The van der Waals surface area contributed by atoms with E-state index in [4.69, 9.17) is 0 Å². The lowest BCUT2D eigenvalue weighted by Crippen LogP contribution is -2.25. The van der Waals surface area contributed by atoms with Crippen LogP contribution in [0.3, 0.4) is 0 Å². The van der Waals surface area contributed by atoms with Crippen LogP contribution in [0, 0.1) is 0 Å². The van der Waals surface area contributed by atoms with Gasteiger partial charge in [0.1, 0.15) is 0 Å². The smallest absolute Gasteiger partial charge is 0.310 e. The van der Waals surface area contributed by atoms with E-state index in [-0.39, 0.29) is 17.5 Å². The highest BCUT2D eigenvalue weighted by Gasteiger charge is 2.37. The fraction of sp³-hybridized carbons (Fsp3) is 0.786. The molecule has 0 bridgehead atoms. The Morgan fingerprint density at radius 3 is 2.33 bits per heavy atom. The lowest BCUT2D eigenvalue weighted by Gasteiger charge is -2.16. The van der Waals surface area contributed by atoms with E-state index in [9.17, 15) is 13.2 Å². The predicted molar refractivity (Wildman–Crippen MR) is 80.6 cm³/mol. The van der Waals surface area contributed by atoms with Crippen LogP contribution < -0.4 is 5.32 Å². The van der Waals surface area contributed by atoms with Crippen LogP contribution in [0.4, 0.5) is 13.2 Å². The van der Waals surface area contributed by atoms with Crippen LogP contribution >= 0.6 is 11.3 Å². The van der Waals surface area contributed by atoms with E-state index in [2.05, 4.69) is 15.2 Å². The van der Waals surface area contributed by atoms with Crippen molar-refractivity contribution in [1.82, 2.24) is 15.2 Å². The van der Waals surface area contributed by atoms with Gasteiger partial charge in [0.25, 0.3) is 0 Å².